The first-order valence-electron chi connectivity index (χ1n) is 7.74. The molecule has 0 aliphatic rings. The summed E-state index contributed by atoms with van der Waals surface area (Å²) in [7, 11) is 0. The van der Waals surface area contributed by atoms with Crippen molar-refractivity contribution in [2.75, 3.05) is 11.9 Å². The van der Waals surface area contributed by atoms with Crippen LogP contribution in [-0.2, 0) is 4.74 Å². The van der Waals surface area contributed by atoms with E-state index >= 15 is 0 Å². The van der Waals surface area contributed by atoms with Crippen molar-refractivity contribution < 1.29 is 14.3 Å². The molecule has 0 saturated carbocycles. The van der Waals surface area contributed by atoms with Crippen LogP contribution in [0.2, 0.25) is 10.0 Å². The van der Waals surface area contributed by atoms with Gasteiger partial charge in [0.25, 0.3) is 5.91 Å². The maximum atomic E-state index is 12.4. The van der Waals surface area contributed by atoms with Crippen molar-refractivity contribution in [1.82, 2.24) is 5.43 Å². The number of ether oxygens (including phenoxy) is 1. The Kier molecular flexibility index (Phi) is 7.00. The fraction of sp³-hybridized carbons (Fsp3) is 0.167. The molecule has 0 bridgehead atoms. The quantitative estimate of drug-likeness (QED) is 0.569. The molecule has 26 heavy (non-hydrogen) atoms. The van der Waals surface area contributed by atoms with Gasteiger partial charge in [-0.2, -0.15) is 5.10 Å². The van der Waals surface area contributed by atoms with E-state index in [0.29, 0.717) is 22.0 Å². The number of hydrazone groups is 1. The van der Waals surface area contributed by atoms with Gasteiger partial charge < -0.3 is 10.1 Å². The topological polar surface area (TPSA) is 79.8 Å². The van der Waals surface area contributed by atoms with E-state index in [1.807, 2.05) is 0 Å². The number of nitrogens with one attached hydrogen (secondary N) is 2. The largest absolute Gasteiger partial charge is 0.449 e. The lowest BCUT2D eigenvalue weighted by Crippen LogP contribution is -2.20. The number of halogens is 2. The fourth-order valence-electron chi connectivity index (χ4n) is 2.05. The fourth-order valence-corrected chi connectivity index (χ4v) is 2.55. The Morgan fingerprint density at radius 3 is 2.62 bits per heavy atom. The Bertz CT molecular complexity index is 853. The van der Waals surface area contributed by atoms with Crippen LogP contribution < -0.4 is 10.7 Å². The van der Waals surface area contributed by atoms with Gasteiger partial charge in [0.1, 0.15) is 0 Å². The Morgan fingerprint density at radius 1 is 1.15 bits per heavy atom. The van der Waals surface area contributed by atoms with E-state index in [-0.39, 0.29) is 17.5 Å². The minimum absolute atomic E-state index is 0.259. The molecule has 0 aliphatic heterocycles. The third-order valence-electron chi connectivity index (χ3n) is 3.30. The summed E-state index contributed by atoms with van der Waals surface area (Å²) in [5.74, 6) is -0.358. The number of carbonyl (C=O) groups is 2. The SMILES string of the molecule is CCOC(=O)N/N=C(/C)c1cccc(NC(=O)c2ccc(Cl)cc2Cl)c1. The van der Waals surface area contributed by atoms with E-state index in [9.17, 15) is 9.59 Å². The van der Waals surface area contributed by atoms with Crippen LogP contribution in [0, 0.1) is 0 Å². The van der Waals surface area contributed by atoms with Gasteiger partial charge in [0, 0.05) is 10.7 Å². The predicted octanol–water partition coefficient (Wildman–Crippen LogP) is 4.72. The molecule has 2 aromatic carbocycles. The van der Waals surface area contributed by atoms with Crippen LogP contribution in [0.4, 0.5) is 10.5 Å². The molecule has 8 heteroatoms. The molecule has 0 saturated heterocycles. The van der Waals surface area contributed by atoms with Crippen LogP contribution in [0.3, 0.4) is 0 Å². The molecule has 0 aliphatic carbocycles. The van der Waals surface area contributed by atoms with Gasteiger partial charge in [-0.05, 0) is 49.7 Å². The first-order valence-corrected chi connectivity index (χ1v) is 8.50. The van der Waals surface area contributed by atoms with Crippen molar-refractivity contribution >= 4 is 46.6 Å². The summed E-state index contributed by atoms with van der Waals surface area (Å²) in [6, 6.07) is 11.7. The van der Waals surface area contributed by atoms with Crippen LogP contribution in [0.1, 0.15) is 29.8 Å². The molecule has 6 nitrogen and oxygen atoms in total. The van der Waals surface area contributed by atoms with Crippen molar-refractivity contribution in [3.8, 4) is 0 Å². The highest BCUT2D eigenvalue weighted by Gasteiger charge is 2.11. The first kappa shape index (κ1) is 19.8. The maximum absolute atomic E-state index is 12.4. The van der Waals surface area contributed by atoms with Crippen LogP contribution in [0.5, 0.6) is 0 Å². The zero-order chi connectivity index (χ0) is 19.1. The highest BCUT2D eigenvalue weighted by Crippen LogP contribution is 2.22. The smallest absolute Gasteiger partial charge is 0.427 e. The molecule has 0 unspecified atom stereocenters. The molecule has 136 valence electrons. The second-order valence-electron chi connectivity index (χ2n) is 5.19. The third kappa shape index (κ3) is 5.47. The van der Waals surface area contributed by atoms with E-state index in [1.54, 1.807) is 50.2 Å². The van der Waals surface area contributed by atoms with Crippen LogP contribution in [0.25, 0.3) is 0 Å². The van der Waals surface area contributed by atoms with Gasteiger partial charge in [0.15, 0.2) is 0 Å². The zero-order valence-corrected chi connectivity index (χ0v) is 15.7. The standard InChI is InChI=1S/C18H17Cl2N3O3/c1-3-26-18(25)23-22-11(2)12-5-4-6-14(9-12)21-17(24)15-8-7-13(19)10-16(15)20/h4-10H,3H2,1-2H3,(H,21,24)(H,23,25)/b22-11-. The molecule has 0 fully saturated rings. The lowest BCUT2D eigenvalue weighted by molar-refractivity contribution is 0.102. The van der Waals surface area contributed by atoms with E-state index in [1.165, 1.54) is 6.07 Å². The number of carbonyl (C=O) groups excluding carboxylic acids is 2. The minimum Gasteiger partial charge on any atom is -0.449 e. The number of nitrogens with zero attached hydrogens (tertiary/aromatic N) is 1. The second kappa shape index (κ2) is 9.22. The number of hydrogen-bond acceptors (Lipinski definition) is 4. The maximum Gasteiger partial charge on any atom is 0.427 e. The molecule has 0 radical (unpaired) electrons. The molecule has 0 aromatic heterocycles. The van der Waals surface area contributed by atoms with Crippen molar-refractivity contribution in [1.29, 1.82) is 0 Å². The molecular weight excluding hydrogens is 377 g/mol. The lowest BCUT2D eigenvalue weighted by Gasteiger charge is -2.09. The summed E-state index contributed by atoms with van der Waals surface area (Å²) in [6.45, 7) is 3.69. The van der Waals surface area contributed by atoms with Gasteiger partial charge in [0.05, 0.1) is 22.9 Å². The first-order chi connectivity index (χ1) is 12.4. The molecule has 0 atom stereocenters. The summed E-state index contributed by atoms with van der Waals surface area (Å²) >= 11 is 11.9. The van der Waals surface area contributed by atoms with Gasteiger partial charge >= 0.3 is 6.09 Å². The molecule has 0 heterocycles. The van der Waals surface area contributed by atoms with Crippen molar-refractivity contribution in [3.05, 3.63) is 63.6 Å². The summed E-state index contributed by atoms with van der Waals surface area (Å²) in [4.78, 5) is 23.7. The molecule has 2 aromatic rings. The van der Waals surface area contributed by atoms with Gasteiger partial charge in [-0.1, -0.05) is 35.3 Å². The third-order valence-corrected chi connectivity index (χ3v) is 3.85. The van der Waals surface area contributed by atoms with E-state index < -0.39 is 6.09 Å². The summed E-state index contributed by atoms with van der Waals surface area (Å²) in [5, 5.41) is 7.44. The second-order valence-corrected chi connectivity index (χ2v) is 6.03. The molecule has 0 spiro atoms. The van der Waals surface area contributed by atoms with Crippen LogP contribution in [-0.4, -0.2) is 24.3 Å². The summed E-state index contributed by atoms with van der Waals surface area (Å²) < 4.78 is 4.74. The van der Waals surface area contributed by atoms with Gasteiger partial charge in [-0.15, -0.1) is 0 Å². The Hall–Kier alpha value is -2.57. The van der Waals surface area contributed by atoms with Crippen molar-refractivity contribution in [2.24, 2.45) is 5.10 Å². The Balaban J connectivity index is 2.12. The Labute approximate surface area is 161 Å². The summed E-state index contributed by atoms with van der Waals surface area (Å²) in [5.41, 5.74) is 4.44. The van der Waals surface area contributed by atoms with E-state index in [4.69, 9.17) is 27.9 Å². The number of hydrogen-bond donors (Lipinski definition) is 2. The van der Waals surface area contributed by atoms with Crippen molar-refractivity contribution in [3.63, 3.8) is 0 Å². The highest BCUT2D eigenvalue weighted by molar-refractivity contribution is 6.37. The van der Waals surface area contributed by atoms with Gasteiger partial charge in [0.2, 0.25) is 0 Å². The number of anilines is 1. The van der Waals surface area contributed by atoms with Crippen molar-refractivity contribution in [2.45, 2.75) is 13.8 Å². The number of rotatable bonds is 5. The molecule has 2 rings (SSSR count). The van der Waals surface area contributed by atoms with Crippen LogP contribution in [0.15, 0.2) is 47.6 Å². The lowest BCUT2D eigenvalue weighted by atomic mass is 10.1. The summed E-state index contributed by atoms with van der Waals surface area (Å²) in [6.07, 6.45) is -0.631. The minimum atomic E-state index is -0.631. The van der Waals surface area contributed by atoms with Gasteiger partial charge in [-0.3, -0.25) is 4.79 Å². The van der Waals surface area contributed by atoms with E-state index in [2.05, 4.69) is 15.8 Å². The molecular formula is C18H17Cl2N3O3. The highest BCUT2D eigenvalue weighted by atomic mass is 35.5. The van der Waals surface area contributed by atoms with E-state index in [0.717, 1.165) is 5.56 Å². The average molecular weight is 394 g/mol. The predicted molar refractivity (Wildman–Crippen MR) is 103 cm³/mol. The molecule has 2 amide bonds. The number of amides is 2. The van der Waals surface area contributed by atoms with Gasteiger partial charge in [-0.25, -0.2) is 10.2 Å². The average Bonchev–Trinajstić information content (AvgIpc) is 2.60. The molecule has 2 N–H and O–H groups in total. The zero-order valence-electron chi connectivity index (χ0n) is 14.2. The Morgan fingerprint density at radius 2 is 1.92 bits per heavy atom. The van der Waals surface area contributed by atoms with Crippen LogP contribution >= 0.6 is 23.2 Å². The number of benzene rings is 2. The normalized spacial score (nSPS) is 11.0. The monoisotopic (exact) mass is 393 g/mol.